The van der Waals surface area contributed by atoms with E-state index in [1.807, 2.05) is 41.7 Å². The van der Waals surface area contributed by atoms with Crippen LogP contribution in [0.4, 0.5) is 10.5 Å². The maximum atomic E-state index is 11.6. The number of hydrogen-bond donors (Lipinski definition) is 2. The van der Waals surface area contributed by atoms with Gasteiger partial charge in [0.25, 0.3) is 0 Å². The van der Waals surface area contributed by atoms with E-state index in [9.17, 15) is 4.79 Å². The standard InChI is InChI=1S/C13H15ClN2OS2/c1-9(14)8-15-13(17)16-11-4-2-3-10(7-11)12-18-5-6-19-12/h2-4,7,12H,1,5-6,8H2,(H2,15,16,17). The summed E-state index contributed by atoms with van der Waals surface area (Å²) in [5.74, 6) is 2.37. The quantitative estimate of drug-likeness (QED) is 0.881. The van der Waals surface area contributed by atoms with E-state index in [0.29, 0.717) is 9.61 Å². The Bertz CT molecular complexity index is 475. The van der Waals surface area contributed by atoms with Crippen molar-refractivity contribution < 1.29 is 4.79 Å². The number of thioether (sulfide) groups is 2. The zero-order valence-corrected chi connectivity index (χ0v) is 12.7. The number of anilines is 1. The van der Waals surface area contributed by atoms with E-state index in [2.05, 4.69) is 23.3 Å². The van der Waals surface area contributed by atoms with Gasteiger partial charge < -0.3 is 10.6 Å². The number of carbonyl (C=O) groups excluding carboxylic acids is 1. The van der Waals surface area contributed by atoms with E-state index in [0.717, 1.165) is 5.69 Å². The lowest BCUT2D eigenvalue weighted by molar-refractivity contribution is 0.253. The Balaban J connectivity index is 1.94. The molecule has 0 aliphatic carbocycles. The third kappa shape index (κ3) is 4.67. The van der Waals surface area contributed by atoms with Gasteiger partial charge in [0.2, 0.25) is 0 Å². The molecule has 2 N–H and O–H groups in total. The zero-order chi connectivity index (χ0) is 13.7. The Kier molecular flexibility index (Phi) is 5.48. The van der Waals surface area contributed by atoms with Crippen LogP contribution in [-0.2, 0) is 0 Å². The highest BCUT2D eigenvalue weighted by Gasteiger charge is 2.18. The monoisotopic (exact) mass is 314 g/mol. The van der Waals surface area contributed by atoms with Crippen molar-refractivity contribution in [3.05, 3.63) is 41.4 Å². The third-order valence-corrected chi connectivity index (χ3v) is 5.72. The fourth-order valence-corrected chi connectivity index (χ4v) is 4.57. The number of carbonyl (C=O) groups is 1. The second-order valence-corrected chi connectivity index (χ2v) is 7.28. The van der Waals surface area contributed by atoms with Gasteiger partial charge in [-0.2, -0.15) is 0 Å². The first-order valence-electron chi connectivity index (χ1n) is 5.86. The second kappa shape index (κ2) is 7.12. The van der Waals surface area contributed by atoms with E-state index >= 15 is 0 Å². The molecule has 0 radical (unpaired) electrons. The summed E-state index contributed by atoms with van der Waals surface area (Å²) in [6.45, 7) is 3.78. The van der Waals surface area contributed by atoms with Crippen molar-refractivity contribution in [1.82, 2.24) is 5.32 Å². The van der Waals surface area contributed by atoms with Crippen molar-refractivity contribution in [1.29, 1.82) is 0 Å². The molecule has 1 aliphatic rings. The van der Waals surface area contributed by atoms with Crippen molar-refractivity contribution in [2.45, 2.75) is 4.58 Å². The molecule has 0 aromatic heterocycles. The lowest BCUT2D eigenvalue weighted by Crippen LogP contribution is -2.29. The average molecular weight is 315 g/mol. The molecule has 2 amide bonds. The lowest BCUT2D eigenvalue weighted by Gasteiger charge is -2.11. The van der Waals surface area contributed by atoms with Crippen molar-refractivity contribution in [3.8, 4) is 0 Å². The molecule has 1 aromatic carbocycles. The van der Waals surface area contributed by atoms with E-state index in [1.54, 1.807) is 0 Å². The fraction of sp³-hybridized carbons (Fsp3) is 0.308. The van der Waals surface area contributed by atoms with Gasteiger partial charge in [-0.05, 0) is 17.7 Å². The van der Waals surface area contributed by atoms with Gasteiger partial charge in [0, 0.05) is 22.2 Å². The van der Waals surface area contributed by atoms with Crippen LogP contribution >= 0.6 is 35.1 Å². The highest BCUT2D eigenvalue weighted by atomic mass is 35.5. The lowest BCUT2D eigenvalue weighted by atomic mass is 10.2. The van der Waals surface area contributed by atoms with Gasteiger partial charge in [-0.1, -0.05) is 30.3 Å². The normalized spacial score (nSPS) is 15.2. The molecule has 2 rings (SSSR count). The summed E-state index contributed by atoms with van der Waals surface area (Å²) in [6, 6.07) is 7.68. The highest BCUT2D eigenvalue weighted by Crippen LogP contribution is 2.45. The molecule has 0 unspecified atom stereocenters. The fourth-order valence-electron chi connectivity index (χ4n) is 1.67. The molecule has 19 heavy (non-hydrogen) atoms. The molecular formula is C13H15ClN2OS2. The van der Waals surface area contributed by atoms with Gasteiger partial charge >= 0.3 is 6.03 Å². The molecule has 1 aromatic rings. The largest absolute Gasteiger partial charge is 0.333 e. The maximum absolute atomic E-state index is 11.6. The predicted octanol–water partition coefficient (Wildman–Crippen LogP) is 4.04. The predicted molar refractivity (Wildman–Crippen MR) is 86.1 cm³/mol. The van der Waals surface area contributed by atoms with E-state index in [4.69, 9.17) is 11.6 Å². The minimum atomic E-state index is -0.273. The van der Waals surface area contributed by atoms with Gasteiger partial charge in [0.15, 0.2) is 0 Å². The molecule has 3 nitrogen and oxygen atoms in total. The first-order valence-corrected chi connectivity index (χ1v) is 8.34. The van der Waals surface area contributed by atoms with Crippen LogP contribution < -0.4 is 10.6 Å². The molecule has 0 saturated carbocycles. The summed E-state index contributed by atoms with van der Waals surface area (Å²) in [7, 11) is 0. The Morgan fingerprint density at radius 2 is 2.16 bits per heavy atom. The van der Waals surface area contributed by atoms with Crippen molar-refractivity contribution >= 4 is 46.8 Å². The van der Waals surface area contributed by atoms with Crippen LogP contribution in [0, 0.1) is 0 Å². The Morgan fingerprint density at radius 1 is 1.42 bits per heavy atom. The Morgan fingerprint density at radius 3 is 2.84 bits per heavy atom. The van der Waals surface area contributed by atoms with Crippen LogP contribution in [0.5, 0.6) is 0 Å². The van der Waals surface area contributed by atoms with E-state index < -0.39 is 0 Å². The topological polar surface area (TPSA) is 41.1 Å². The third-order valence-electron chi connectivity index (χ3n) is 2.48. The average Bonchev–Trinajstić information content (AvgIpc) is 2.90. The molecular weight excluding hydrogens is 300 g/mol. The highest BCUT2D eigenvalue weighted by molar-refractivity contribution is 8.19. The van der Waals surface area contributed by atoms with Crippen molar-refractivity contribution in [2.24, 2.45) is 0 Å². The number of rotatable bonds is 4. The Hall–Kier alpha value is -0.780. The molecule has 1 aliphatic heterocycles. The summed E-state index contributed by atoms with van der Waals surface area (Å²) < 4.78 is 0.479. The van der Waals surface area contributed by atoms with Crippen molar-refractivity contribution in [3.63, 3.8) is 0 Å². The number of hydrogen-bond acceptors (Lipinski definition) is 3. The number of benzene rings is 1. The minimum Gasteiger partial charge on any atom is -0.333 e. The van der Waals surface area contributed by atoms with Crippen LogP contribution in [0.15, 0.2) is 35.9 Å². The molecule has 6 heteroatoms. The summed E-state index contributed by atoms with van der Waals surface area (Å²) in [5, 5.41) is 5.83. The molecule has 0 atom stereocenters. The number of amides is 2. The minimum absolute atomic E-state index is 0.265. The molecule has 0 bridgehead atoms. The number of urea groups is 1. The van der Waals surface area contributed by atoms with Gasteiger partial charge in [0.1, 0.15) is 0 Å². The number of nitrogens with one attached hydrogen (secondary N) is 2. The van der Waals surface area contributed by atoms with Crippen molar-refractivity contribution in [2.75, 3.05) is 23.4 Å². The SMILES string of the molecule is C=C(Cl)CNC(=O)Nc1cccc(C2SCCS2)c1. The van der Waals surface area contributed by atoms with Crippen LogP contribution in [0.25, 0.3) is 0 Å². The van der Waals surface area contributed by atoms with Crippen LogP contribution in [-0.4, -0.2) is 24.1 Å². The van der Waals surface area contributed by atoms with Gasteiger partial charge in [0.05, 0.1) is 11.1 Å². The van der Waals surface area contributed by atoms with Gasteiger partial charge in [-0.25, -0.2) is 4.79 Å². The molecule has 102 valence electrons. The van der Waals surface area contributed by atoms with Crippen LogP contribution in [0.2, 0.25) is 0 Å². The molecule has 1 fully saturated rings. The summed E-state index contributed by atoms with van der Waals surface area (Å²) >= 11 is 9.48. The van der Waals surface area contributed by atoms with E-state index in [1.165, 1.54) is 17.1 Å². The molecule has 1 saturated heterocycles. The maximum Gasteiger partial charge on any atom is 0.319 e. The van der Waals surface area contributed by atoms with Gasteiger partial charge in [-0.15, -0.1) is 23.5 Å². The summed E-state index contributed by atoms with van der Waals surface area (Å²) in [6.07, 6.45) is 0. The Labute approximate surface area is 126 Å². The first-order chi connectivity index (χ1) is 9.15. The smallest absolute Gasteiger partial charge is 0.319 e. The zero-order valence-electron chi connectivity index (χ0n) is 10.3. The van der Waals surface area contributed by atoms with Crippen LogP contribution in [0.1, 0.15) is 10.1 Å². The van der Waals surface area contributed by atoms with Crippen LogP contribution in [0.3, 0.4) is 0 Å². The first kappa shape index (κ1) is 14.6. The van der Waals surface area contributed by atoms with E-state index in [-0.39, 0.29) is 12.6 Å². The molecule has 0 spiro atoms. The summed E-state index contributed by atoms with van der Waals surface area (Å²) in [5.41, 5.74) is 2.04. The number of halogens is 1. The van der Waals surface area contributed by atoms with Gasteiger partial charge in [-0.3, -0.25) is 0 Å². The summed E-state index contributed by atoms with van der Waals surface area (Å²) in [4.78, 5) is 11.6. The second-order valence-electron chi connectivity index (χ2n) is 4.02. The molecule has 1 heterocycles.